The molecule has 0 spiro atoms. The number of thiol groups is 2. The van der Waals surface area contributed by atoms with Crippen molar-refractivity contribution in [2.45, 2.75) is 108 Å². The number of aliphatic imine (C=N–C) groups is 2. The van der Waals surface area contributed by atoms with E-state index in [9.17, 15) is 43.5 Å². The normalized spacial score (nSPS) is 16.3. The highest BCUT2D eigenvalue weighted by atomic mass is 32.2. The van der Waals surface area contributed by atoms with E-state index < -0.39 is 96.2 Å². The predicted octanol–water partition coefficient (Wildman–Crippen LogP) is -4.30. The molecule has 1 fully saturated rings. The van der Waals surface area contributed by atoms with Crippen LogP contribution in [0.2, 0.25) is 0 Å². The molecule has 23 nitrogen and oxygen atoms in total. The minimum absolute atomic E-state index is 0.00337. The van der Waals surface area contributed by atoms with E-state index >= 15 is 0 Å². The molecule has 17 N–H and O–H groups in total. The number of nitrogens with zero attached hydrogens (tertiary/aromatic N) is 3. The van der Waals surface area contributed by atoms with Crippen LogP contribution < -0.4 is 60.6 Å². The van der Waals surface area contributed by atoms with Gasteiger partial charge < -0.3 is 70.6 Å². The maximum Gasteiger partial charge on any atom is 0.327 e. The zero-order chi connectivity index (χ0) is 46.9. The fraction of sp³-hybridized carbons (Fsp3) is 0.722. The summed E-state index contributed by atoms with van der Waals surface area (Å²) in [5.41, 5.74) is 27.6. The Kier molecular flexibility index (Phi) is 26.4. The Morgan fingerprint density at radius 3 is 1.81 bits per heavy atom. The molecule has 1 heterocycles. The van der Waals surface area contributed by atoms with E-state index in [4.69, 9.17) is 28.7 Å². The van der Waals surface area contributed by atoms with E-state index in [0.29, 0.717) is 12.2 Å². The van der Waals surface area contributed by atoms with Gasteiger partial charge in [-0.1, -0.05) is 13.8 Å². The first-order valence-corrected chi connectivity index (χ1v) is 22.8. The lowest BCUT2D eigenvalue weighted by atomic mass is 10.0. The van der Waals surface area contributed by atoms with Crippen LogP contribution >= 0.6 is 37.0 Å². The van der Waals surface area contributed by atoms with Crippen LogP contribution in [-0.2, 0) is 38.4 Å². The zero-order valence-corrected chi connectivity index (χ0v) is 38.1. The maximum atomic E-state index is 14.1. The number of carbonyl (C=O) groups is 8. The van der Waals surface area contributed by atoms with Crippen LogP contribution in [0.1, 0.15) is 65.2 Å². The van der Waals surface area contributed by atoms with Gasteiger partial charge in [0.25, 0.3) is 0 Å². The van der Waals surface area contributed by atoms with Crippen molar-refractivity contribution in [2.75, 3.05) is 49.7 Å². The van der Waals surface area contributed by atoms with E-state index in [-0.39, 0.29) is 93.9 Å². The minimum Gasteiger partial charge on any atom is -0.480 e. The number of hydrogen-bond acceptors (Lipinski definition) is 14. The topological polar surface area (TPSA) is 387 Å². The van der Waals surface area contributed by atoms with E-state index in [0.717, 1.165) is 0 Å². The predicted molar refractivity (Wildman–Crippen MR) is 243 cm³/mol. The maximum absolute atomic E-state index is 14.1. The summed E-state index contributed by atoms with van der Waals surface area (Å²) < 4.78 is 0. The molecular weight excluding hydrogens is 869 g/mol. The minimum atomic E-state index is -1.32. The standard InChI is InChI=1S/C36H66N14O9S3/c1-19(2)15-24(31(55)46-21(7-4-11-42-35(38)39)29(53)44-16-27(51)45-25(18-61)34(58)59)49-30(54)22(8-5-12-43-36(40)41)47-32(56)26-9-6-13-50(26)33(57)23(10-14-62-3)48-28(52)20(37)17-60/h19-26,60-61H,4-18,37H2,1-3H3,(H,44,53)(H,45,51)(H,46,55)(H,47,56)(H,48,52)(H,49,54)(H,58,59)(H4,38,39,42)(H4,40,41,43)/t20-,21+,22+,23+,24+,25+,26+/m1/s1. The smallest absolute Gasteiger partial charge is 0.327 e. The first-order valence-electron chi connectivity index (χ1n) is 20.1. The van der Waals surface area contributed by atoms with Crippen molar-refractivity contribution >= 4 is 96.3 Å². The second-order valence-corrected chi connectivity index (χ2v) is 16.6. The second-order valence-electron chi connectivity index (χ2n) is 14.9. The average Bonchev–Trinajstić information content (AvgIpc) is 3.71. The molecule has 1 rings (SSSR count). The summed E-state index contributed by atoms with van der Waals surface area (Å²) in [4.78, 5) is 115. The van der Waals surface area contributed by atoms with Crippen molar-refractivity contribution in [2.24, 2.45) is 44.6 Å². The summed E-state index contributed by atoms with van der Waals surface area (Å²) in [5, 5.41) is 24.6. The van der Waals surface area contributed by atoms with Crippen LogP contribution in [0.15, 0.2) is 9.98 Å². The van der Waals surface area contributed by atoms with Gasteiger partial charge in [-0.15, -0.1) is 0 Å². The molecule has 0 unspecified atom stereocenters. The van der Waals surface area contributed by atoms with Crippen molar-refractivity contribution in [3.05, 3.63) is 0 Å². The molecule has 1 aliphatic heterocycles. The Hall–Kier alpha value is -4.69. The molecule has 7 atom stereocenters. The Balaban J connectivity index is 3.35. The number of likely N-dealkylation sites (tertiary alicyclic amines) is 1. The molecule has 26 heteroatoms. The molecule has 0 radical (unpaired) electrons. The average molecular weight is 935 g/mol. The molecule has 0 bridgehead atoms. The van der Waals surface area contributed by atoms with Crippen LogP contribution in [0.4, 0.5) is 0 Å². The van der Waals surface area contributed by atoms with Crippen LogP contribution in [0.5, 0.6) is 0 Å². The third kappa shape index (κ3) is 20.9. The zero-order valence-electron chi connectivity index (χ0n) is 35.5. The van der Waals surface area contributed by atoms with Crippen molar-refractivity contribution in [1.29, 1.82) is 0 Å². The Morgan fingerprint density at radius 2 is 1.29 bits per heavy atom. The first-order chi connectivity index (χ1) is 29.2. The molecule has 0 saturated carbocycles. The Labute approximate surface area is 377 Å². The number of aliphatic carboxylic acids is 1. The van der Waals surface area contributed by atoms with Gasteiger partial charge in [-0.25, -0.2) is 4.79 Å². The van der Waals surface area contributed by atoms with Gasteiger partial charge in [0.1, 0.15) is 36.3 Å². The SMILES string of the molecule is CSCC[C@H](NC(=O)[C@H](N)CS)C(=O)N1CCC[C@H]1C(=O)N[C@@H](CCCN=C(N)N)C(=O)N[C@@H](CC(C)C)C(=O)N[C@@H](CCCN=C(N)N)C(=O)NCC(=O)N[C@@H](CS)C(=O)O. The number of rotatable bonds is 29. The molecule has 0 aromatic heterocycles. The van der Waals surface area contributed by atoms with Gasteiger partial charge in [0, 0.05) is 31.1 Å². The highest BCUT2D eigenvalue weighted by Crippen LogP contribution is 2.21. The van der Waals surface area contributed by atoms with Gasteiger partial charge in [-0.3, -0.25) is 43.5 Å². The summed E-state index contributed by atoms with van der Waals surface area (Å²) in [6.45, 7) is 3.42. The summed E-state index contributed by atoms with van der Waals surface area (Å²) in [5.74, 6) is -6.22. The molecule has 1 saturated heterocycles. The van der Waals surface area contributed by atoms with Gasteiger partial charge in [0.05, 0.1) is 12.6 Å². The third-order valence-electron chi connectivity index (χ3n) is 9.33. The fourth-order valence-electron chi connectivity index (χ4n) is 6.14. The van der Waals surface area contributed by atoms with Crippen LogP contribution in [0, 0.1) is 5.92 Å². The fourth-order valence-corrected chi connectivity index (χ4v) is 7.02. The quantitative estimate of drug-likeness (QED) is 0.0146. The molecule has 1 aliphatic rings. The van der Waals surface area contributed by atoms with E-state index in [1.165, 1.54) is 16.7 Å². The number of thioether (sulfide) groups is 1. The number of guanidine groups is 2. The van der Waals surface area contributed by atoms with Crippen LogP contribution in [-0.4, -0.2) is 161 Å². The Bertz CT molecular complexity index is 1580. The van der Waals surface area contributed by atoms with Gasteiger partial charge >= 0.3 is 5.97 Å². The number of carboxylic acid groups (broad SMARTS) is 1. The lowest BCUT2D eigenvalue weighted by Crippen LogP contribution is -2.59. The van der Waals surface area contributed by atoms with Crippen molar-refractivity contribution in [3.8, 4) is 0 Å². The van der Waals surface area contributed by atoms with Gasteiger partial charge in [-0.05, 0) is 69.3 Å². The van der Waals surface area contributed by atoms with Crippen LogP contribution in [0.3, 0.4) is 0 Å². The summed E-state index contributed by atoms with van der Waals surface area (Å²) >= 11 is 9.45. The van der Waals surface area contributed by atoms with E-state index in [2.05, 4.69) is 67.1 Å². The number of hydrogen-bond donors (Lipinski definition) is 14. The molecule has 7 amide bonds. The summed E-state index contributed by atoms with van der Waals surface area (Å²) in [6, 6.07) is -7.91. The number of amides is 7. The first kappa shape index (κ1) is 55.3. The molecule has 0 aromatic rings. The van der Waals surface area contributed by atoms with Crippen molar-refractivity contribution < 1.29 is 43.5 Å². The molecule has 0 aliphatic carbocycles. The molecule has 352 valence electrons. The number of nitrogens with two attached hydrogens (primary N) is 5. The highest BCUT2D eigenvalue weighted by molar-refractivity contribution is 7.98. The van der Waals surface area contributed by atoms with Crippen molar-refractivity contribution in [1.82, 2.24) is 36.8 Å². The third-order valence-corrected chi connectivity index (χ3v) is 10.7. The molecule has 0 aromatic carbocycles. The van der Waals surface area contributed by atoms with Crippen molar-refractivity contribution in [3.63, 3.8) is 0 Å². The van der Waals surface area contributed by atoms with Gasteiger partial charge in [-0.2, -0.15) is 37.0 Å². The second kappa shape index (κ2) is 29.6. The highest BCUT2D eigenvalue weighted by Gasteiger charge is 2.39. The monoisotopic (exact) mass is 934 g/mol. The van der Waals surface area contributed by atoms with E-state index in [1.54, 1.807) is 13.8 Å². The summed E-state index contributed by atoms with van der Waals surface area (Å²) in [7, 11) is 0. The largest absolute Gasteiger partial charge is 0.480 e. The Morgan fingerprint density at radius 1 is 0.742 bits per heavy atom. The number of nitrogens with one attached hydrogen (secondary N) is 6. The summed E-state index contributed by atoms with van der Waals surface area (Å²) in [6.07, 6.45) is 3.44. The van der Waals surface area contributed by atoms with Crippen LogP contribution in [0.25, 0.3) is 0 Å². The van der Waals surface area contributed by atoms with Gasteiger partial charge in [0.15, 0.2) is 11.9 Å². The number of carboxylic acids is 1. The number of carbonyl (C=O) groups excluding carboxylic acids is 7. The van der Waals surface area contributed by atoms with E-state index in [1.807, 2.05) is 6.26 Å². The molecular formula is C36H66N14O9S3. The van der Waals surface area contributed by atoms with Gasteiger partial charge in [0.2, 0.25) is 41.4 Å². The lowest BCUT2D eigenvalue weighted by Gasteiger charge is -2.30. The lowest BCUT2D eigenvalue weighted by molar-refractivity contribution is -0.142. The molecule has 62 heavy (non-hydrogen) atoms.